The van der Waals surface area contributed by atoms with Gasteiger partial charge in [-0.1, -0.05) is 19.3 Å². The van der Waals surface area contributed by atoms with Crippen molar-refractivity contribution in [2.45, 2.75) is 99.9 Å². The van der Waals surface area contributed by atoms with E-state index in [0.29, 0.717) is 13.0 Å². The Morgan fingerprint density at radius 3 is 2.15 bits per heavy atom. The molecule has 0 aromatic heterocycles. The van der Waals surface area contributed by atoms with E-state index < -0.39 is 74.6 Å². The van der Waals surface area contributed by atoms with Crippen molar-refractivity contribution in [2.75, 3.05) is 19.8 Å². The number of likely N-dealkylation sites (tertiary alicyclic amines) is 1. The number of nitrogens with zero attached hydrogens (tertiary/aromatic N) is 1. The summed E-state index contributed by atoms with van der Waals surface area (Å²) >= 11 is 0. The van der Waals surface area contributed by atoms with Gasteiger partial charge in [0, 0.05) is 13.0 Å². The highest BCUT2D eigenvalue weighted by Crippen LogP contribution is 2.46. The third kappa shape index (κ3) is 4.66. The third-order valence-corrected chi connectivity index (χ3v) is 7.55. The van der Waals surface area contributed by atoms with E-state index in [1.165, 1.54) is 4.90 Å². The molecule has 10 atom stereocenters. The van der Waals surface area contributed by atoms with Crippen LogP contribution >= 0.6 is 0 Å². The minimum Gasteiger partial charge on any atom is -0.394 e. The van der Waals surface area contributed by atoms with Crippen molar-refractivity contribution in [3.05, 3.63) is 0 Å². The van der Waals surface area contributed by atoms with Crippen molar-refractivity contribution in [3.8, 4) is 0 Å². The molecule has 0 radical (unpaired) electrons. The molecule has 190 valence electrons. The molecule has 1 amide bonds. The van der Waals surface area contributed by atoms with Crippen LogP contribution in [-0.4, -0.2) is 128 Å². The Morgan fingerprint density at radius 1 is 0.848 bits per heavy atom. The van der Waals surface area contributed by atoms with Gasteiger partial charge in [0.1, 0.15) is 48.8 Å². The van der Waals surface area contributed by atoms with Crippen molar-refractivity contribution < 1.29 is 54.8 Å². The summed E-state index contributed by atoms with van der Waals surface area (Å²) in [6, 6.07) is 0. The molecule has 1 saturated carbocycles. The van der Waals surface area contributed by atoms with E-state index >= 15 is 0 Å². The average Bonchev–Trinajstić information content (AvgIpc) is 3.12. The number of carbonyl (C=O) groups is 1. The lowest BCUT2D eigenvalue weighted by Gasteiger charge is -2.48. The van der Waals surface area contributed by atoms with Crippen LogP contribution in [0.15, 0.2) is 0 Å². The van der Waals surface area contributed by atoms with Crippen molar-refractivity contribution in [1.82, 2.24) is 4.90 Å². The molecule has 4 aliphatic rings. The second kappa shape index (κ2) is 9.97. The van der Waals surface area contributed by atoms with Crippen molar-refractivity contribution in [1.29, 1.82) is 0 Å². The lowest BCUT2D eigenvalue weighted by atomic mass is 9.73. The summed E-state index contributed by atoms with van der Waals surface area (Å²) in [5, 5.41) is 71.0. The Hall–Kier alpha value is -0.930. The fourth-order valence-corrected chi connectivity index (χ4v) is 5.62. The first-order chi connectivity index (χ1) is 15.7. The number of ether oxygens (including phenoxy) is 3. The molecule has 0 bridgehead atoms. The zero-order valence-electron chi connectivity index (χ0n) is 18.3. The van der Waals surface area contributed by atoms with E-state index in [0.717, 1.165) is 32.1 Å². The number of hydrogen-bond acceptors (Lipinski definition) is 11. The highest BCUT2D eigenvalue weighted by molar-refractivity contribution is 5.79. The van der Waals surface area contributed by atoms with Crippen LogP contribution in [0.3, 0.4) is 0 Å². The van der Waals surface area contributed by atoms with E-state index in [2.05, 4.69) is 0 Å². The average molecular weight is 478 g/mol. The van der Waals surface area contributed by atoms with Gasteiger partial charge in [0.2, 0.25) is 5.91 Å². The van der Waals surface area contributed by atoms with Gasteiger partial charge in [-0.25, -0.2) is 0 Å². The molecule has 1 spiro atoms. The van der Waals surface area contributed by atoms with Gasteiger partial charge in [0.05, 0.1) is 13.2 Å². The fourth-order valence-electron chi connectivity index (χ4n) is 5.62. The van der Waals surface area contributed by atoms with Gasteiger partial charge < -0.3 is 54.9 Å². The summed E-state index contributed by atoms with van der Waals surface area (Å²) in [6.45, 7) is -0.895. The highest BCUT2D eigenvalue weighted by atomic mass is 16.7. The van der Waals surface area contributed by atoms with Gasteiger partial charge in [-0.2, -0.15) is 0 Å². The molecule has 33 heavy (non-hydrogen) atoms. The van der Waals surface area contributed by atoms with Gasteiger partial charge in [-0.05, 0) is 18.3 Å². The number of carbonyl (C=O) groups excluding carboxylic acids is 1. The summed E-state index contributed by atoms with van der Waals surface area (Å²) in [4.78, 5) is 14.2. The van der Waals surface area contributed by atoms with Crippen LogP contribution < -0.4 is 0 Å². The monoisotopic (exact) mass is 477 g/mol. The maximum Gasteiger partial charge on any atom is 0.225 e. The molecule has 1 unspecified atom stereocenters. The van der Waals surface area contributed by atoms with Crippen LogP contribution in [-0.2, 0) is 19.0 Å². The minimum absolute atomic E-state index is 0.165. The molecule has 4 rings (SSSR count). The molecule has 3 saturated heterocycles. The zero-order chi connectivity index (χ0) is 23.9. The highest BCUT2D eigenvalue weighted by Gasteiger charge is 2.54. The second-order valence-electron chi connectivity index (χ2n) is 9.79. The quantitative estimate of drug-likeness (QED) is 0.211. The van der Waals surface area contributed by atoms with Crippen molar-refractivity contribution in [3.63, 3.8) is 0 Å². The Kier molecular flexibility index (Phi) is 7.61. The van der Waals surface area contributed by atoms with Gasteiger partial charge >= 0.3 is 0 Å². The number of rotatable bonds is 5. The first-order valence-corrected chi connectivity index (χ1v) is 11.6. The predicted molar refractivity (Wildman–Crippen MR) is 108 cm³/mol. The van der Waals surface area contributed by atoms with Crippen LogP contribution in [0.2, 0.25) is 0 Å². The molecule has 12 nitrogen and oxygen atoms in total. The topological polar surface area (TPSA) is 190 Å². The largest absolute Gasteiger partial charge is 0.394 e. The second-order valence-corrected chi connectivity index (χ2v) is 9.79. The molecule has 0 aromatic carbocycles. The van der Waals surface area contributed by atoms with Crippen LogP contribution in [0.4, 0.5) is 0 Å². The summed E-state index contributed by atoms with van der Waals surface area (Å²) in [5.41, 5.74) is -0.165. The molecule has 7 N–H and O–H groups in total. The molecule has 0 aromatic rings. The summed E-state index contributed by atoms with van der Waals surface area (Å²) in [6.07, 6.45) is -9.39. The van der Waals surface area contributed by atoms with E-state index in [4.69, 9.17) is 14.2 Å². The summed E-state index contributed by atoms with van der Waals surface area (Å²) < 4.78 is 16.7. The minimum atomic E-state index is -1.73. The summed E-state index contributed by atoms with van der Waals surface area (Å²) in [7, 11) is 0. The molecule has 3 aliphatic heterocycles. The van der Waals surface area contributed by atoms with E-state index in [1.807, 2.05) is 0 Å². The molecular formula is C21H35NO11. The van der Waals surface area contributed by atoms with Gasteiger partial charge in [-0.3, -0.25) is 4.79 Å². The standard InChI is InChI=1S/C21H35NO11/c23-7-10-13(26)14(27)17(30)20(32-10)33-18-11(8-24)31-19(16(29)15(18)28)22-9-21(6-12(22)25)4-2-1-3-5-21/h10-11,13-20,23-24,26-30H,1-9H2/t10-,11-,13+,14+,15-,16-,17-,18-,19?,20+/m1/s1. The number of aliphatic hydroxyl groups excluding tert-OH is 7. The maximum atomic E-state index is 12.8. The Bertz CT molecular complexity index is 685. The Labute approximate surface area is 191 Å². The van der Waals surface area contributed by atoms with Crippen molar-refractivity contribution >= 4 is 5.91 Å². The number of hydrogen-bond donors (Lipinski definition) is 7. The first-order valence-electron chi connectivity index (χ1n) is 11.6. The first kappa shape index (κ1) is 25.2. The van der Waals surface area contributed by atoms with Crippen LogP contribution in [0.25, 0.3) is 0 Å². The predicted octanol–water partition coefficient (Wildman–Crippen LogP) is -3.21. The fraction of sp³-hybridized carbons (Fsp3) is 0.952. The molecule has 3 heterocycles. The van der Waals surface area contributed by atoms with E-state index in [1.54, 1.807) is 0 Å². The van der Waals surface area contributed by atoms with Crippen LogP contribution in [0, 0.1) is 5.41 Å². The summed E-state index contributed by atoms with van der Waals surface area (Å²) in [5.74, 6) is -0.182. The van der Waals surface area contributed by atoms with Crippen molar-refractivity contribution in [2.24, 2.45) is 5.41 Å². The molecule has 4 fully saturated rings. The van der Waals surface area contributed by atoms with E-state index in [9.17, 15) is 40.5 Å². The zero-order valence-corrected chi connectivity index (χ0v) is 18.3. The number of aliphatic hydroxyl groups is 7. The van der Waals surface area contributed by atoms with Gasteiger partial charge in [0.15, 0.2) is 12.5 Å². The smallest absolute Gasteiger partial charge is 0.225 e. The maximum absolute atomic E-state index is 12.8. The molecular weight excluding hydrogens is 442 g/mol. The Morgan fingerprint density at radius 2 is 1.52 bits per heavy atom. The normalized spacial score (nSPS) is 46.2. The lowest BCUT2D eigenvalue weighted by Crippen LogP contribution is -2.66. The van der Waals surface area contributed by atoms with Crippen LogP contribution in [0.5, 0.6) is 0 Å². The van der Waals surface area contributed by atoms with Crippen LogP contribution in [0.1, 0.15) is 38.5 Å². The van der Waals surface area contributed by atoms with Gasteiger partial charge in [-0.15, -0.1) is 0 Å². The Balaban J connectivity index is 1.47. The SMILES string of the molecule is O=C1CC2(CCCCC2)CN1C1O[C@H](CO)[C@@H](O[C@@H]2O[C@H](CO)[C@H](O)[C@H](O)[C@H]2O)[C@H](O)[C@H]1O. The molecule has 12 heteroatoms. The molecule has 1 aliphatic carbocycles. The third-order valence-electron chi connectivity index (χ3n) is 7.55. The van der Waals surface area contributed by atoms with Gasteiger partial charge in [0.25, 0.3) is 0 Å². The number of amides is 1. The van der Waals surface area contributed by atoms with E-state index in [-0.39, 0.29) is 11.3 Å². The lowest BCUT2D eigenvalue weighted by molar-refractivity contribution is -0.347.